The lowest BCUT2D eigenvalue weighted by Crippen LogP contribution is -2.53. The second kappa shape index (κ2) is 12.5. The molecule has 2 amide bonds. The molecule has 0 bridgehead atoms. The van der Waals surface area contributed by atoms with Crippen molar-refractivity contribution >= 4 is 23.2 Å². The third-order valence-electron chi connectivity index (χ3n) is 10.8. The van der Waals surface area contributed by atoms with E-state index in [2.05, 4.69) is 44.1 Å². The maximum atomic E-state index is 13.8. The summed E-state index contributed by atoms with van der Waals surface area (Å²) in [5.74, 6) is 0.933. The number of piperazine rings is 1. The lowest BCUT2D eigenvalue weighted by Gasteiger charge is -2.43. The summed E-state index contributed by atoms with van der Waals surface area (Å²) >= 11 is 0. The van der Waals surface area contributed by atoms with Crippen LogP contribution in [0.4, 0.5) is 11.4 Å². The Hall–Kier alpha value is -3.89. The third kappa shape index (κ3) is 5.81. The lowest BCUT2D eigenvalue weighted by atomic mass is 9.77. The van der Waals surface area contributed by atoms with Crippen LogP contribution in [0.2, 0.25) is 0 Å². The Bertz CT molecular complexity index is 1480. The van der Waals surface area contributed by atoms with Crippen molar-refractivity contribution in [1.29, 1.82) is 0 Å². The van der Waals surface area contributed by atoms with Crippen LogP contribution in [0.15, 0.2) is 54.9 Å². The van der Waals surface area contributed by atoms with Crippen molar-refractivity contribution in [3.05, 3.63) is 60.4 Å². The van der Waals surface area contributed by atoms with Crippen LogP contribution in [0.5, 0.6) is 5.75 Å². The zero-order valence-corrected chi connectivity index (χ0v) is 26.6. The Kier molecular flexibility index (Phi) is 8.27. The SMILES string of the molecule is COc1cc(N2CCC3(CCN(C(=O)c4ccc(N5CCN(C6CCN(C)CC6)CC5)cc4)CC3)C2=O)ccc1-c1cn[nH]c1. The van der Waals surface area contributed by atoms with Gasteiger partial charge in [0, 0.05) is 92.2 Å². The first-order valence-electron chi connectivity index (χ1n) is 16.5. The molecule has 0 atom stereocenters. The van der Waals surface area contributed by atoms with E-state index < -0.39 is 5.41 Å². The number of carbonyl (C=O) groups excluding carboxylic acids is 2. The zero-order valence-electron chi connectivity index (χ0n) is 26.6. The highest BCUT2D eigenvalue weighted by atomic mass is 16.5. The van der Waals surface area contributed by atoms with Crippen LogP contribution in [0, 0.1) is 5.41 Å². The molecule has 4 aliphatic heterocycles. The minimum Gasteiger partial charge on any atom is -0.496 e. The zero-order chi connectivity index (χ0) is 31.0. The van der Waals surface area contributed by atoms with Gasteiger partial charge in [-0.25, -0.2) is 0 Å². The maximum absolute atomic E-state index is 13.8. The molecule has 1 aromatic heterocycles. The first-order valence-corrected chi connectivity index (χ1v) is 16.5. The number of ether oxygens (including phenoxy) is 1. The van der Waals surface area contributed by atoms with Crippen LogP contribution in [0.3, 0.4) is 0 Å². The molecule has 1 N–H and O–H groups in total. The highest BCUT2D eigenvalue weighted by molar-refractivity contribution is 6.01. The number of likely N-dealkylation sites (tertiary alicyclic amines) is 2. The molecule has 5 heterocycles. The average molecular weight is 612 g/mol. The molecule has 0 unspecified atom stereocenters. The van der Waals surface area contributed by atoms with Crippen LogP contribution in [-0.4, -0.2) is 116 Å². The minimum atomic E-state index is -0.410. The molecule has 0 radical (unpaired) electrons. The monoisotopic (exact) mass is 611 g/mol. The summed E-state index contributed by atoms with van der Waals surface area (Å²) in [5, 5.41) is 6.89. The first kappa shape index (κ1) is 29.8. The van der Waals surface area contributed by atoms with E-state index >= 15 is 0 Å². The van der Waals surface area contributed by atoms with Crippen LogP contribution in [0.1, 0.15) is 42.5 Å². The summed E-state index contributed by atoms with van der Waals surface area (Å²) in [5.41, 5.74) is 4.23. The number of aromatic amines is 1. The number of piperidine rings is 2. The summed E-state index contributed by atoms with van der Waals surface area (Å²) in [7, 11) is 3.87. The molecule has 10 heteroatoms. The topological polar surface area (TPSA) is 88.2 Å². The standard InChI is InChI=1S/C35H45N7O3/c1-38-14-9-29(10-15-38)40-21-19-39(20-22-40)28-5-3-26(4-6-28)33(43)41-16-11-35(12-17-41)13-18-42(34(35)44)30-7-8-31(32(23-30)45-2)27-24-36-37-25-27/h3-8,23-25,29H,9-22H2,1-2H3,(H,36,37). The fourth-order valence-corrected chi connectivity index (χ4v) is 7.86. The molecule has 7 rings (SSSR count). The highest BCUT2D eigenvalue weighted by Gasteiger charge is 2.49. The quantitative estimate of drug-likeness (QED) is 0.452. The number of nitrogens with one attached hydrogen (secondary N) is 1. The fraction of sp³-hybridized carbons (Fsp3) is 0.514. The van der Waals surface area contributed by atoms with Gasteiger partial charge >= 0.3 is 0 Å². The van der Waals surface area contributed by atoms with Crippen molar-refractivity contribution in [2.45, 2.75) is 38.1 Å². The van der Waals surface area contributed by atoms with Gasteiger partial charge in [-0.2, -0.15) is 5.10 Å². The number of carbonyl (C=O) groups is 2. The molecule has 45 heavy (non-hydrogen) atoms. The highest BCUT2D eigenvalue weighted by Crippen LogP contribution is 2.44. The molecule has 4 saturated heterocycles. The molecule has 3 aromatic rings. The number of anilines is 2. The normalized spacial score (nSPS) is 21.6. The lowest BCUT2D eigenvalue weighted by molar-refractivity contribution is -0.127. The molecule has 4 aliphatic rings. The van der Waals surface area contributed by atoms with Gasteiger partial charge in [-0.15, -0.1) is 0 Å². The number of benzene rings is 2. The van der Waals surface area contributed by atoms with E-state index in [9.17, 15) is 9.59 Å². The van der Waals surface area contributed by atoms with Crippen molar-refractivity contribution < 1.29 is 14.3 Å². The molecule has 0 aliphatic carbocycles. The predicted octanol–water partition coefficient (Wildman–Crippen LogP) is 3.96. The average Bonchev–Trinajstić information content (AvgIpc) is 3.74. The summed E-state index contributed by atoms with van der Waals surface area (Å²) in [4.78, 5) is 38.7. The molecule has 238 valence electrons. The van der Waals surface area contributed by atoms with Gasteiger partial charge in [0.15, 0.2) is 0 Å². The Morgan fingerprint density at radius 3 is 2.24 bits per heavy atom. The van der Waals surface area contributed by atoms with E-state index in [-0.39, 0.29) is 11.8 Å². The Morgan fingerprint density at radius 1 is 0.889 bits per heavy atom. The van der Waals surface area contributed by atoms with Gasteiger partial charge in [-0.3, -0.25) is 19.6 Å². The molecule has 1 spiro atoms. The van der Waals surface area contributed by atoms with Gasteiger partial charge in [0.2, 0.25) is 5.91 Å². The smallest absolute Gasteiger partial charge is 0.253 e. The summed E-state index contributed by atoms with van der Waals surface area (Å²) in [6.07, 6.45) is 8.32. The van der Waals surface area contributed by atoms with Crippen molar-refractivity contribution in [3.8, 4) is 16.9 Å². The summed E-state index contributed by atoms with van der Waals surface area (Å²) in [6.45, 7) is 8.53. The number of nitrogens with zero attached hydrogens (tertiary/aromatic N) is 6. The van der Waals surface area contributed by atoms with Crippen molar-refractivity contribution in [2.24, 2.45) is 5.41 Å². The number of hydrogen-bond acceptors (Lipinski definition) is 7. The van der Waals surface area contributed by atoms with E-state index in [0.29, 0.717) is 38.2 Å². The van der Waals surface area contributed by atoms with Gasteiger partial charge < -0.3 is 24.3 Å². The first-order chi connectivity index (χ1) is 21.9. The molecular formula is C35H45N7O3. The van der Waals surface area contributed by atoms with E-state index in [0.717, 1.165) is 61.0 Å². The second-order valence-corrected chi connectivity index (χ2v) is 13.3. The van der Waals surface area contributed by atoms with Crippen LogP contribution in [-0.2, 0) is 4.79 Å². The van der Waals surface area contributed by atoms with Crippen LogP contribution in [0.25, 0.3) is 11.1 Å². The van der Waals surface area contributed by atoms with E-state index in [1.165, 1.54) is 31.6 Å². The number of rotatable bonds is 6. The second-order valence-electron chi connectivity index (χ2n) is 13.3. The largest absolute Gasteiger partial charge is 0.496 e. The van der Waals surface area contributed by atoms with Crippen molar-refractivity contribution in [2.75, 3.05) is 82.9 Å². The van der Waals surface area contributed by atoms with Crippen LogP contribution >= 0.6 is 0 Å². The van der Waals surface area contributed by atoms with Crippen LogP contribution < -0.4 is 14.5 Å². The van der Waals surface area contributed by atoms with Gasteiger partial charge in [0.25, 0.3) is 5.91 Å². The fourth-order valence-electron chi connectivity index (χ4n) is 7.86. The van der Waals surface area contributed by atoms with Gasteiger partial charge in [-0.05, 0) is 88.6 Å². The number of hydrogen-bond donors (Lipinski definition) is 1. The van der Waals surface area contributed by atoms with Crippen molar-refractivity contribution in [3.63, 3.8) is 0 Å². The Labute approximate surface area is 265 Å². The molecular weight excluding hydrogens is 566 g/mol. The molecule has 2 aromatic carbocycles. The number of H-pyrrole nitrogens is 1. The molecule has 4 fully saturated rings. The molecule has 0 saturated carbocycles. The maximum Gasteiger partial charge on any atom is 0.253 e. The Morgan fingerprint density at radius 2 is 1.58 bits per heavy atom. The van der Waals surface area contributed by atoms with E-state index in [1.807, 2.05) is 46.3 Å². The number of amides is 2. The number of methoxy groups -OCH3 is 1. The van der Waals surface area contributed by atoms with E-state index in [1.54, 1.807) is 13.3 Å². The third-order valence-corrected chi connectivity index (χ3v) is 10.8. The minimum absolute atomic E-state index is 0.0605. The van der Waals surface area contributed by atoms with Gasteiger partial charge in [0.05, 0.1) is 18.7 Å². The predicted molar refractivity (Wildman–Crippen MR) is 176 cm³/mol. The van der Waals surface area contributed by atoms with Gasteiger partial charge in [-0.1, -0.05) is 0 Å². The Balaban J connectivity index is 0.932. The van der Waals surface area contributed by atoms with E-state index in [4.69, 9.17) is 4.74 Å². The summed E-state index contributed by atoms with van der Waals surface area (Å²) < 4.78 is 5.67. The number of aromatic nitrogens is 2. The molecule has 10 nitrogen and oxygen atoms in total. The summed E-state index contributed by atoms with van der Waals surface area (Å²) in [6, 6.07) is 14.8. The van der Waals surface area contributed by atoms with Gasteiger partial charge in [0.1, 0.15) is 5.75 Å². The van der Waals surface area contributed by atoms with Crippen molar-refractivity contribution in [1.82, 2.24) is 24.9 Å².